The van der Waals surface area contributed by atoms with Crippen LogP contribution in [0.1, 0.15) is 66.1 Å². The molecule has 0 bridgehead atoms. The van der Waals surface area contributed by atoms with Crippen molar-refractivity contribution in [3.05, 3.63) is 10.6 Å². The number of ketones is 1. The van der Waals surface area contributed by atoms with Crippen molar-refractivity contribution in [1.82, 2.24) is 4.98 Å². The molecule has 1 unspecified atom stereocenters. The van der Waals surface area contributed by atoms with Crippen LogP contribution >= 0.6 is 11.3 Å². The molecule has 2 N–H and O–H groups in total. The van der Waals surface area contributed by atoms with Crippen LogP contribution in [0.3, 0.4) is 0 Å². The first kappa shape index (κ1) is 15.0. The minimum absolute atomic E-state index is 0.138. The Morgan fingerprint density at radius 1 is 1.35 bits per heavy atom. The highest BCUT2D eigenvalue weighted by atomic mass is 32.1. The van der Waals surface area contributed by atoms with E-state index in [-0.39, 0.29) is 22.4 Å². The molecule has 1 saturated carbocycles. The average Bonchev–Trinajstić information content (AvgIpc) is 2.84. The molecule has 1 aromatic rings. The van der Waals surface area contributed by atoms with Gasteiger partial charge in [-0.05, 0) is 25.7 Å². The molecule has 20 heavy (non-hydrogen) atoms. The summed E-state index contributed by atoms with van der Waals surface area (Å²) in [7, 11) is 0. The van der Waals surface area contributed by atoms with Crippen molar-refractivity contribution in [2.75, 3.05) is 5.32 Å². The van der Waals surface area contributed by atoms with Crippen LogP contribution in [0.4, 0.5) is 5.13 Å². The molecule has 1 heterocycles. The highest BCUT2D eigenvalue weighted by Gasteiger charge is 2.24. The Morgan fingerprint density at radius 3 is 2.50 bits per heavy atom. The first-order chi connectivity index (χ1) is 9.49. The number of aromatic carboxylic acids is 1. The smallest absolute Gasteiger partial charge is 0.356 e. The predicted octanol–water partition coefficient (Wildman–Crippen LogP) is 3.42. The first-order valence-electron chi connectivity index (χ1n) is 7.00. The number of nitrogens with one attached hydrogen (secondary N) is 1. The highest BCUT2D eigenvalue weighted by Crippen LogP contribution is 2.30. The fourth-order valence-corrected chi connectivity index (χ4v) is 3.66. The van der Waals surface area contributed by atoms with Crippen molar-refractivity contribution in [3.63, 3.8) is 0 Å². The molecular weight excluding hydrogens is 276 g/mol. The maximum absolute atomic E-state index is 11.5. The third-order valence-electron chi connectivity index (χ3n) is 3.86. The molecular formula is C14H20N2O3S. The van der Waals surface area contributed by atoms with E-state index >= 15 is 0 Å². The molecule has 0 aromatic carbocycles. The van der Waals surface area contributed by atoms with Gasteiger partial charge in [-0.15, -0.1) is 0 Å². The van der Waals surface area contributed by atoms with Gasteiger partial charge in [-0.25, -0.2) is 9.78 Å². The number of carboxylic acids is 1. The van der Waals surface area contributed by atoms with Gasteiger partial charge in [-0.3, -0.25) is 4.79 Å². The van der Waals surface area contributed by atoms with E-state index in [1.54, 1.807) is 0 Å². The van der Waals surface area contributed by atoms with Crippen LogP contribution in [0.5, 0.6) is 0 Å². The van der Waals surface area contributed by atoms with Crippen LogP contribution in [0.25, 0.3) is 0 Å². The first-order valence-corrected chi connectivity index (χ1v) is 7.82. The molecule has 1 atom stereocenters. The van der Waals surface area contributed by atoms with Gasteiger partial charge in [0.25, 0.3) is 0 Å². The Balaban J connectivity index is 2.10. The number of carbonyl (C=O) groups excluding carboxylic acids is 1. The lowest BCUT2D eigenvalue weighted by Gasteiger charge is -2.28. The lowest BCUT2D eigenvalue weighted by Crippen LogP contribution is -2.27. The van der Waals surface area contributed by atoms with Gasteiger partial charge in [0.15, 0.2) is 16.6 Å². The Labute approximate surface area is 122 Å². The Morgan fingerprint density at radius 2 is 2.00 bits per heavy atom. The zero-order chi connectivity index (χ0) is 14.7. The molecule has 1 fully saturated rings. The Hall–Kier alpha value is -1.43. The minimum Gasteiger partial charge on any atom is -0.476 e. The number of Topliss-reactive ketones (excluding diaryl/α,β-unsaturated/α-hetero) is 1. The third kappa shape index (κ3) is 3.36. The van der Waals surface area contributed by atoms with E-state index in [1.165, 1.54) is 39.0 Å². The van der Waals surface area contributed by atoms with Gasteiger partial charge in [-0.2, -0.15) is 0 Å². The highest BCUT2D eigenvalue weighted by molar-refractivity contribution is 7.17. The largest absolute Gasteiger partial charge is 0.476 e. The molecule has 0 radical (unpaired) electrons. The molecule has 0 aliphatic heterocycles. The SMILES string of the molecule is CC(=O)c1sc(NC(C)C2CCCCC2)nc1C(=O)O. The zero-order valence-corrected chi connectivity index (χ0v) is 12.6. The molecule has 0 amide bonds. The number of aromatic nitrogens is 1. The van der Waals surface area contributed by atoms with E-state index in [2.05, 4.69) is 17.2 Å². The van der Waals surface area contributed by atoms with Gasteiger partial charge in [0.2, 0.25) is 0 Å². The summed E-state index contributed by atoms with van der Waals surface area (Å²) in [4.78, 5) is 26.8. The number of anilines is 1. The van der Waals surface area contributed by atoms with E-state index in [4.69, 9.17) is 5.11 Å². The number of hydrogen-bond acceptors (Lipinski definition) is 5. The third-order valence-corrected chi connectivity index (χ3v) is 4.94. The van der Waals surface area contributed by atoms with Gasteiger partial charge in [0.05, 0.1) is 0 Å². The molecule has 1 aliphatic carbocycles. The van der Waals surface area contributed by atoms with Crippen molar-refractivity contribution >= 4 is 28.2 Å². The number of rotatable bonds is 5. The van der Waals surface area contributed by atoms with Crippen molar-refractivity contribution in [2.24, 2.45) is 5.92 Å². The zero-order valence-electron chi connectivity index (χ0n) is 11.8. The van der Waals surface area contributed by atoms with Crippen molar-refractivity contribution in [3.8, 4) is 0 Å². The van der Waals surface area contributed by atoms with E-state index in [0.29, 0.717) is 11.0 Å². The van der Waals surface area contributed by atoms with Crippen LogP contribution in [0.15, 0.2) is 0 Å². The van der Waals surface area contributed by atoms with Gasteiger partial charge in [0, 0.05) is 13.0 Å². The number of hydrogen-bond donors (Lipinski definition) is 2. The summed E-state index contributed by atoms with van der Waals surface area (Å²) < 4.78 is 0. The minimum atomic E-state index is -1.15. The summed E-state index contributed by atoms with van der Waals surface area (Å²) in [6, 6.07) is 0.253. The number of carbonyl (C=O) groups is 2. The number of nitrogens with zero attached hydrogens (tertiary/aromatic N) is 1. The Bertz CT molecular complexity index is 475. The summed E-state index contributed by atoms with van der Waals surface area (Å²) in [5, 5.41) is 12.9. The standard InChI is InChI=1S/C14H20N2O3S/c1-8(10-6-4-3-5-7-10)15-14-16-11(13(18)19)12(20-14)9(2)17/h8,10H,3-7H2,1-2H3,(H,15,16)(H,18,19). The van der Waals surface area contributed by atoms with Crippen LogP contribution in [-0.4, -0.2) is 27.9 Å². The fourth-order valence-electron chi connectivity index (χ4n) is 2.71. The summed E-state index contributed by atoms with van der Waals surface area (Å²) in [5.41, 5.74) is -0.138. The van der Waals surface area contributed by atoms with Crippen molar-refractivity contribution in [1.29, 1.82) is 0 Å². The topological polar surface area (TPSA) is 79.3 Å². The summed E-state index contributed by atoms with van der Waals surface area (Å²) >= 11 is 1.14. The van der Waals surface area contributed by atoms with E-state index in [9.17, 15) is 9.59 Å². The molecule has 1 aromatic heterocycles. The normalized spacial score (nSPS) is 17.7. The lowest BCUT2D eigenvalue weighted by molar-refractivity contribution is 0.0687. The molecule has 0 saturated heterocycles. The molecule has 6 heteroatoms. The van der Waals surface area contributed by atoms with Crippen LogP contribution in [0.2, 0.25) is 0 Å². The van der Waals surface area contributed by atoms with Gasteiger partial charge in [-0.1, -0.05) is 30.6 Å². The fraction of sp³-hybridized carbons (Fsp3) is 0.643. The number of thiazole rings is 1. The molecule has 2 rings (SSSR count). The van der Waals surface area contributed by atoms with E-state index in [1.807, 2.05) is 0 Å². The second-order valence-corrected chi connectivity index (χ2v) is 6.39. The van der Waals surface area contributed by atoms with Gasteiger partial charge < -0.3 is 10.4 Å². The predicted molar refractivity (Wildman–Crippen MR) is 78.7 cm³/mol. The van der Waals surface area contributed by atoms with Crippen LogP contribution in [-0.2, 0) is 0 Å². The molecule has 5 nitrogen and oxygen atoms in total. The average molecular weight is 296 g/mol. The lowest BCUT2D eigenvalue weighted by atomic mass is 9.85. The molecule has 110 valence electrons. The second-order valence-electron chi connectivity index (χ2n) is 5.39. The van der Waals surface area contributed by atoms with Crippen molar-refractivity contribution in [2.45, 2.75) is 52.0 Å². The number of carboxylic acid groups (broad SMARTS) is 1. The van der Waals surface area contributed by atoms with E-state index in [0.717, 1.165) is 11.3 Å². The monoisotopic (exact) mass is 296 g/mol. The van der Waals surface area contributed by atoms with E-state index < -0.39 is 5.97 Å². The van der Waals surface area contributed by atoms with Crippen molar-refractivity contribution < 1.29 is 14.7 Å². The molecule has 1 aliphatic rings. The van der Waals surface area contributed by atoms with Gasteiger partial charge in [0.1, 0.15) is 4.88 Å². The second kappa shape index (κ2) is 6.35. The summed E-state index contributed by atoms with van der Waals surface area (Å²) in [5.74, 6) is -0.801. The quantitative estimate of drug-likeness (QED) is 0.814. The van der Waals surface area contributed by atoms with Crippen LogP contribution in [0, 0.1) is 5.92 Å². The Kier molecular flexibility index (Phi) is 4.75. The van der Waals surface area contributed by atoms with Crippen LogP contribution < -0.4 is 5.32 Å². The van der Waals surface area contributed by atoms with Gasteiger partial charge >= 0.3 is 5.97 Å². The molecule has 0 spiro atoms. The summed E-state index contributed by atoms with van der Waals surface area (Å²) in [6.07, 6.45) is 6.22. The summed E-state index contributed by atoms with van der Waals surface area (Å²) in [6.45, 7) is 3.47. The maximum atomic E-state index is 11.5. The maximum Gasteiger partial charge on any atom is 0.356 e.